The second-order valence-corrected chi connectivity index (χ2v) is 23.2. The van der Waals surface area contributed by atoms with E-state index < -0.39 is 53.5 Å². The number of phenolic OH excluding ortho intramolecular Hbond substituents is 1. The fraction of sp³-hybridized carbons (Fsp3) is 0.508. The van der Waals surface area contributed by atoms with Gasteiger partial charge in [0.2, 0.25) is 5.91 Å². The molecule has 5 aliphatic rings. The summed E-state index contributed by atoms with van der Waals surface area (Å²) in [5.74, 6) is -2.29. The number of aromatic nitrogens is 2. The maximum absolute atomic E-state index is 15.1. The molecule has 18 heteroatoms. The summed E-state index contributed by atoms with van der Waals surface area (Å²) in [5, 5.41) is 27.9. The summed E-state index contributed by atoms with van der Waals surface area (Å²) in [6, 6.07) is 20.4. The zero-order valence-corrected chi connectivity index (χ0v) is 46.8. The number of nitroso groups, excluding NO2 is 1. The molecule has 0 radical (unpaired) electrons. The number of methoxy groups -OCH3 is 1. The number of aliphatic hydroxyl groups is 1. The number of cyclic esters (lactones) is 1. The van der Waals surface area contributed by atoms with Crippen molar-refractivity contribution in [2.24, 2.45) is 23.2 Å². The van der Waals surface area contributed by atoms with Gasteiger partial charge in [-0.15, -0.1) is 11.6 Å². The van der Waals surface area contributed by atoms with Crippen molar-refractivity contribution < 1.29 is 43.7 Å². The number of rotatable bonds is 16. The first-order valence-corrected chi connectivity index (χ1v) is 28.1. The van der Waals surface area contributed by atoms with E-state index in [4.69, 9.17) is 19.2 Å². The van der Waals surface area contributed by atoms with Crippen LogP contribution >= 0.6 is 0 Å². The Kier molecular flexibility index (Phi) is 16.3. The molecular weight excluding hydrogens is 1000 g/mol. The topological polar surface area (TPSA) is 194 Å². The molecule has 6 bridgehead atoms. The van der Waals surface area contributed by atoms with Crippen LogP contribution in [-0.2, 0) is 48.0 Å². The molecule has 18 nitrogen and oxygen atoms in total. The Morgan fingerprint density at radius 1 is 1.06 bits per heavy atom. The molecule has 10 rings (SSSR count). The quantitative estimate of drug-likeness (QED) is 0.0350. The van der Waals surface area contributed by atoms with Gasteiger partial charge in [-0.3, -0.25) is 29.3 Å². The summed E-state index contributed by atoms with van der Waals surface area (Å²) in [5.41, 5.74) is 11.5. The molecule has 4 aliphatic heterocycles. The van der Waals surface area contributed by atoms with Crippen LogP contribution in [0.25, 0.3) is 33.3 Å². The number of amides is 2. The lowest BCUT2D eigenvalue weighted by Gasteiger charge is -2.36. The minimum Gasteiger partial charge on any atom is -0.508 e. The lowest BCUT2D eigenvalue weighted by atomic mass is 9.84. The van der Waals surface area contributed by atoms with Crippen LogP contribution in [0.1, 0.15) is 81.9 Å². The number of ether oxygens (including phenoxy) is 3. The van der Waals surface area contributed by atoms with Crippen molar-refractivity contribution in [3.05, 3.63) is 119 Å². The molecule has 6 heterocycles. The lowest BCUT2D eigenvalue weighted by molar-refractivity contribution is -0.780. The Balaban J connectivity index is 1.05. The average Bonchev–Trinajstić information content (AvgIpc) is 4.39. The van der Waals surface area contributed by atoms with Crippen molar-refractivity contribution in [1.29, 1.82) is 0 Å². The lowest BCUT2D eigenvalue weighted by Crippen LogP contribution is -2.63. The van der Waals surface area contributed by atoms with Gasteiger partial charge in [0.25, 0.3) is 5.91 Å². The van der Waals surface area contributed by atoms with E-state index in [1.165, 1.54) is 10.0 Å². The molecule has 2 amide bonds. The number of esters is 1. The Morgan fingerprint density at radius 2 is 1.84 bits per heavy atom. The highest BCUT2D eigenvalue weighted by Crippen LogP contribution is 2.46. The number of carbonyl (C=O) groups excluding carboxylic acids is 3. The van der Waals surface area contributed by atoms with E-state index in [1.54, 1.807) is 39.3 Å². The predicted molar refractivity (Wildman–Crippen MR) is 301 cm³/mol. The number of piperazine rings is 1. The van der Waals surface area contributed by atoms with E-state index in [2.05, 4.69) is 70.7 Å². The van der Waals surface area contributed by atoms with Crippen LogP contribution in [0.2, 0.25) is 0 Å². The fourth-order valence-electron chi connectivity index (χ4n) is 12.4. The number of carbonyl (C=O) groups is 3. The van der Waals surface area contributed by atoms with Crippen LogP contribution < -0.4 is 15.6 Å². The number of hydrogen-bond donors (Lipinski definition) is 4. The first-order chi connectivity index (χ1) is 38.0. The number of phenols is 1. The minimum atomic E-state index is -1.21. The van der Waals surface area contributed by atoms with Gasteiger partial charge in [-0.25, -0.2) is 5.43 Å². The van der Waals surface area contributed by atoms with Crippen LogP contribution in [0.5, 0.6) is 5.75 Å². The first kappa shape index (κ1) is 55.6. The van der Waals surface area contributed by atoms with E-state index in [1.807, 2.05) is 55.6 Å². The molecule has 1 aliphatic carbocycles. The summed E-state index contributed by atoms with van der Waals surface area (Å²) in [6.07, 6.45) is 4.29. The molecule has 2 aromatic heterocycles. The van der Waals surface area contributed by atoms with E-state index >= 15 is 4.79 Å². The minimum absolute atomic E-state index is 0.0175. The van der Waals surface area contributed by atoms with Crippen LogP contribution in [0.4, 0.5) is 5.69 Å². The molecule has 3 saturated heterocycles. The van der Waals surface area contributed by atoms with Crippen molar-refractivity contribution in [3.63, 3.8) is 0 Å². The van der Waals surface area contributed by atoms with Gasteiger partial charge in [0.05, 0.1) is 54.5 Å². The number of benzene rings is 3. The molecule has 4 fully saturated rings. The predicted octanol–water partition coefficient (Wildman–Crippen LogP) is 6.77. The molecule has 0 spiro atoms. The Hall–Kier alpha value is -6.70. The van der Waals surface area contributed by atoms with Gasteiger partial charge in [0.1, 0.15) is 23.8 Å². The van der Waals surface area contributed by atoms with Gasteiger partial charge in [-0.2, -0.15) is 0 Å². The third-order valence-corrected chi connectivity index (χ3v) is 17.1. The summed E-state index contributed by atoms with van der Waals surface area (Å²) in [7, 11) is 3.24. The Labute approximate surface area is 463 Å². The number of aryl methyl sites for hydroxylation is 1. The first-order valence-electron chi connectivity index (χ1n) is 28.1. The number of fused-ring (bicyclic) bond motifs is 8. The second kappa shape index (κ2) is 23.2. The van der Waals surface area contributed by atoms with Crippen molar-refractivity contribution in [1.82, 2.24) is 35.2 Å². The smallest absolute Gasteiger partial charge is 0.346 e. The fourth-order valence-corrected chi connectivity index (χ4v) is 12.4. The van der Waals surface area contributed by atoms with Crippen molar-refractivity contribution in [2.75, 3.05) is 78.1 Å². The van der Waals surface area contributed by atoms with Gasteiger partial charge >= 0.3 is 12.2 Å². The number of nitrogens with one attached hydrogen (secondary N) is 2. The summed E-state index contributed by atoms with van der Waals surface area (Å²) < 4.78 is 20.5. The normalized spacial score (nSPS) is 24.3. The van der Waals surface area contributed by atoms with Crippen LogP contribution in [0.15, 0.2) is 91.6 Å². The van der Waals surface area contributed by atoms with Crippen molar-refractivity contribution in [3.8, 4) is 28.1 Å². The monoisotopic (exact) mass is 1080 g/mol. The zero-order valence-electron chi connectivity index (χ0n) is 46.8. The van der Waals surface area contributed by atoms with E-state index in [9.17, 15) is 24.7 Å². The van der Waals surface area contributed by atoms with Gasteiger partial charge < -0.3 is 39.2 Å². The Morgan fingerprint density at radius 3 is 2.53 bits per heavy atom. The number of aliphatic hydroxyl groups excluding tert-OH is 1. The third-order valence-electron chi connectivity index (χ3n) is 17.1. The van der Waals surface area contributed by atoms with Gasteiger partial charge in [0.15, 0.2) is 10.9 Å². The number of hydrazine groups is 2. The molecule has 5 aromatic rings. The van der Waals surface area contributed by atoms with Crippen molar-refractivity contribution in [2.45, 2.75) is 103 Å². The van der Waals surface area contributed by atoms with Gasteiger partial charge in [0, 0.05) is 93.8 Å². The molecule has 9 atom stereocenters. The Bertz CT molecular complexity index is 3080. The largest absolute Gasteiger partial charge is 0.508 e. The summed E-state index contributed by atoms with van der Waals surface area (Å²) >= 11 is 0. The molecule has 3 aromatic carbocycles. The number of nitrogens with zero attached hydrogens (tertiary/aromatic N) is 7. The molecule has 1 saturated carbocycles. The van der Waals surface area contributed by atoms with Crippen LogP contribution in [-0.4, -0.2) is 155 Å². The highest BCUT2D eigenvalue weighted by Gasteiger charge is 2.54. The SMILES string of the molecule is C=C[C@@H](C)[C@@H](C(=O)N[C@H]1Cc2cc(O)cc(c2)-c2ccc3c(c2)c(c(-c2cc(N4CCN(CCCO)CC4)cnc2[C@H](C)OC)n3CC)CC(C)(C)COC(=O)[C@H]2NN(CC3C[C@@H]32)C1=O)N(C)[N+](=O)[C@@H]1OC[C@@H]1c1ccccc1. The maximum atomic E-state index is 15.1. The summed E-state index contributed by atoms with van der Waals surface area (Å²) in [4.78, 5) is 69.3. The molecule has 1 unspecified atom stereocenters. The van der Waals surface area contributed by atoms with Crippen molar-refractivity contribution >= 4 is 34.4 Å². The van der Waals surface area contributed by atoms with E-state index in [0.29, 0.717) is 42.1 Å². The zero-order chi connectivity index (χ0) is 55.9. The standard InChI is InChI=1S/C61H77N9O9/c1-9-37(3)55(65(7)70(76)59-50(35-78-59)40-15-12-11-13-16-40)57(73)63-51-27-39-25-42(28-45(72)26-39)41-17-18-52-47(29-41)49(32-61(5,6)36-79-60(75)54-46-30-43(46)34-69(64-54)58(51)74)56(68(52)10-2)48-31-44(33-62-53(48)38(4)77-8)67-22-20-66(21-23-67)19-14-24-71/h9,11-13,15-18,25-26,28-29,31,33,37-38,43,46,50-51,54-55,59,64,71H,1,10,14,19-24,27,30,32,34-36H2,2-8H3,(H-,63,72,73)/p+1/t37-,38+,43?,46+,50-,51+,54+,55+,59-/m1/s1. The van der Waals surface area contributed by atoms with Gasteiger partial charge in [-0.05, 0) is 103 Å². The molecular formula is C61H78N9O9+. The number of hydrogen-bond acceptors (Lipinski definition) is 13. The van der Waals surface area contributed by atoms with E-state index in [0.717, 1.165) is 95.8 Å². The maximum Gasteiger partial charge on any atom is 0.346 e. The second-order valence-electron chi connectivity index (χ2n) is 23.2. The number of pyridine rings is 1. The average molecular weight is 1080 g/mol. The number of likely N-dealkylation sites (N-methyl/N-ethyl adjacent to an activating group) is 1. The summed E-state index contributed by atoms with van der Waals surface area (Å²) in [6.45, 7) is 19.9. The highest BCUT2D eigenvalue weighted by atomic mass is 16.6. The third kappa shape index (κ3) is 11.4. The van der Waals surface area contributed by atoms with E-state index in [-0.39, 0.29) is 49.2 Å². The molecule has 4 N–H and O–H groups in total. The number of aromatic hydroxyl groups is 1. The molecule has 420 valence electrons. The van der Waals surface area contributed by atoms with Crippen LogP contribution in [0.3, 0.4) is 0 Å². The van der Waals surface area contributed by atoms with Crippen LogP contribution in [0, 0.1) is 28.1 Å². The molecule has 79 heavy (non-hydrogen) atoms. The van der Waals surface area contributed by atoms with Gasteiger partial charge in [-0.1, -0.05) is 69.3 Å². The number of anilines is 1. The highest BCUT2D eigenvalue weighted by molar-refractivity contribution is 5.96.